The SMILES string of the molecule is CCCCC(C=C1CCOC1=O)CC. The molecule has 0 radical (unpaired) electrons. The van der Waals surface area contributed by atoms with Crippen LogP contribution in [0.3, 0.4) is 0 Å². The fourth-order valence-corrected chi connectivity index (χ4v) is 1.76. The van der Waals surface area contributed by atoms with Crippen LogP contribution in [0.2, 0.25) is 0 Å². The normalized spacial score (nSPS) is 21.3. The summed E-state index contributed by atoms with van der Waals surface area (Å²) >= 11 is 0. The number of cyclic esters (lactones) is 1. The molecule has 0 aromatic rings. The van der Waals surface area contributed by atoms with Gasteiger partial charge in [0.05, 0.1) is 6.61 Å². The lowest BCUT2D eigenvalue weighted by Crippen LogP contribution is -2.00. The van der Waals surface area contributed by atoms with Crippen LogP contribution in [0.1, 0.15) is 46.0 Å². The molecule has 0 aliphatic carbocycles. The molecule has 1 saturated heterocycles. The lowest BCUT2D eigenvalue weighted by atomic mass is 9.96. The average molecular weight is 196 g/mol. The van der Waals surface area contributed by atoms with E-state index in [9.17, 15) is 4.79 Å². The van der Waals surface area contributed by atoms with Gasteiger partial charge >= 0.3 is 5.97 Å². The van der Waals surface area contributed by atoms with E-state index < -0.39 is 0 Å². The van der Waals surface area contributed by atoms with Crippen molar-refractivity contribution in [2.24, 2.45) is 5.92 Å². The summed E-state index contributed by atoms with van der Waals surface area (Å²) in [5.41, 5.74) is 0.896. The summed E-state index contributed by atoms with van der Waals surface area (Å²) in [7, 11) is 0. The van der Waals surface area contributed by atoms with Crippen molar-refractivity contribution in [3.05, 3.63) is 11.6 Å². The first-order valence-electron chi connectivity index (χ1n) is 5.65. The number of carbonyl (C=O) groups excluding carboxylic acids is 1. The molecule has 2 heteroatoms. The molecule has 0 spiro atoms. The van der Waals surface area contributed by atoms with Gasteiger partial charge in [-0.15, -0.1) is 0 Å². The smallest absolute Gasteiger partial charge is 0.333 e. The topological polar surface area (TPSA) is 26.3 Å². The van der Waals surface area contributed by atoms with Crippen molar-refractivity contribution < 1.29 is 9.53 Å². The molecule has 80 valence electrons. The lowest BCUT2D eigenvalue weighted by Gasteiger charge is -2.09. The summed E-state index contributed by atoms with van der Waals surface area (Å²) in [5, 5.41) is 0. The Kier molecular flexibility index (Phi) is 4.71. The van der Waals surface area contributed by atoms with Crippen molar-refractivity contribution in [1.82, 2.24) is 0 Å². The van der Waals surface area contributed by atoms with Crippen LogP contribution in [0, 0.1) is 5.92 Å². The molecule has 1 atom stereocenters. The van der Waals surface area contributed by atoms with E-state index in [1.165, 1.54) is 19.3 Å². The molecule has 0 N–H and O–H groups in total. The van der Waals surface area contributed by atoms with Crippen LogP contribution in [-0.2, 0) is 9.53 Å². The second-order valence-electron chi connectivity index (χ2n) is 3.89. The second-order valence-corrected chi connectivity index (χ2v) is 3.89. The molecule has 1 heterocycles. The molecule has 1 fully saturated rings. The quantitative estimate of drug-likeness (QED) is 0.499. The molecule has 0 aromatic carbocycles. The largest absolute Gasteiger partial charge is 0.462 e. The Labute approximate surface area is 86.3 Å². The van der Waals surface area contributed by atoms with Crippen LogP contribution < -0.4 is 0 Å². The van der Waals surface area contributed by atoms with Gasteiger partial charge in [-0.05, 0) is 18.8 Å². The molecule has 0 amide bonds. The first-order chi connectivity index (χ1) is 6.77. The zero-order chi connectivity index (χ0) is 10.4. The Hall–Kier alpha value is -0.790. The molecule has 1 aliphatic rings. The molecule has 1 rings (SSSR count). The first kappa shape index (κ1) is 11.3. The van der Waals surface area contributed by atoms with Crippen molar-refractivity contribution in [3.63, 3.8) is 0 Å². The van der Waals surface area contributed by atoms with Gasteiger partial charge in [-0.25, -0.2) is 4.79 Å². The number of hydrogen-bond acceptors (Lipinski definition) is 2. The third-order valence-corrected chi connectivity index (χ3v) is 2.76. The van der Waals surface area contributed by atoms with Gasteiger partial charge in [-0.2, -0.15) is 0 Å². The summed E-state index contributed by atoms with van der Waals surface area (Å²) in [5.74, 6) is 0.468. The highest BCUT2D eigenvalue weighted by Gasteiger charge is 2.19. The summed E-state index contributed by atoms with van der Waals surface area (Å²) < 4.78 is 4.91. The third kappa shape index (κ3) is 3.17. The molecule has 0 saturated carbocycles. The summed E-state index contributed by atoms with van der Waals surface area (Å²) in [4.78, 5) is 11.2. The van der Waals surface area contributed by atoms with Gasteiger partial charge < -0.3 is 4.74 Å². The Morgan fingerprint density at radius 1 is 1.50 bits per heavy atom. The minimum absolute atomic E-state index is 0.0973. The number of unbranched alkanes of at least 4 members (excludes halogenated alkanes) is 1. The van der Waals surface area contributed by atoms with E-state index >= 15 is 0 Å². The molecule has 2 nitrogen and oxygen atoms in total. The number of carbonyl (C=O) groups is 1. The van der Waals surface area contributed by atoms with Crippen molar-refractivity contribution >= 4 is 5.97 Å². The highest BCUT2D eigenvalue weighted by molar-refractivity contribution is 5.90. The number of ether oxygens (including phenoxy) is 1. The van der Waals surface area contributed by atoms with E-state index in [2.05, 4.69) is 19.9 Å². The van der Waals surface area contributed by atoms with Crippen LogP contribution in [0.4, 0.5) is 0 Å². The molecule has 14 heavy (non-hydrogen) atoms. The van der Waals surface area contributed by atoms with Gasteiger partial charge in [0.1, 0.15) is 0 Å². The maximum absolute atomic E-state index is 11.2. The van der Waals surface area contributed by atoms with E-state index in [1.807, 2.05) is 0 Å². The Bertz CT molecular complexity index is 218. The minimum atomic E-state index is -0.0973. The average Bonchev–Trinajstić information content (AvgIpc) is 2.59. The highest BCUT2D eigenvalue weighted by Crippen LogP contribution is 2.21. The maximum Gasteiger partial charge on any atom is 0.333 e. The van der Waals surface area contributed by atoms with Crippen molar-refractivity contribution in [2.75, 3.05) is 6.61 Å². The maximum atomic E-state index is 11.2. The Balaban J connectivity index is 2.48. The van der Waals surface area contributed by atoms with Crippen LogP contribution in [0.25, 0.3) is 0 Å². The summed E-state index contributed by atoms with van der Waals surface area (Å²) in [6.07, 6.45) is 7.73. The Morgan fingerprint density at radius 2 is 2.29 bits per heavy atom. The lowest BCUT2D eigenvalue weighted by molar-refractivity contribution is -0.135. The molecule has 0 bridgehead atoms. The van der Waals surface area contributed by atoms with Crippen molar-refractivity contribution in [1.29, 1.82) is 0 Å². The van der Waals surface area contributed by atoms with Gasteiger partial charge in [-0.3, -0.25) is 0 Å². The monoisotopic (exact) mass is 196 g/mol. The highest BCUT2D eigenvalue weighted by atomic mass is 16.5. The van der Waals surface area contributed by atoms with Gasteiger partial charge in [0.2, 0.25) is 0 Å². The van der Waals surface area contributed by atoms with E-state index in [4.69, 9.17) is 4.74 Å². The van der Waals surface area contributed by atoms with Crippen molar-refractivity contribution in [3.8, 4) is 0 Å². The minimum Gasteiger partial charge on any atom is -0.462 e. The fraction of sp³-hybridized carbons (Fsp3) is 0.750. The van der Waals surface area contributed by atoms with E-state index in [1.54, 1.807) is 0 Å². The van der Waals surface area contributed by atoms with E-state index in [0.29, 0.717) is 12.5 Å². The van der Waals surface area contributed by atoms with E-state index in [-0.39, 0.29) is 5.97 Å². The second kappa shape index (κ2) is 5.84. The third-order valence-electron chi connectivity index (χ3n) is 2.76. The van der Waals surface area contributed by atoms with E-state index in [0.717, 1.165) is 18.4 Å². The molecular weight excluding hydrogens is 176 g/mol. The summed E-state index contributed by atoms with van der Waals surface area (Å²) in [6.45, 7) is 4.95. The van der Waals surface area contributed by atoms with Gasteiger partial charge in [0.25, 0.3) is 0 Å². The van der Waals surface area contributed by atoms with Crippen LogP contribution in [0.5, 0.6) is 0 Å². The predicted octanol–water partition coefficient (Wildman–Crippen LogP) is 3.08. The number of allylic oxidation sites excluding steroid dienone is 1. The zero-order valence-corrected chi connectivity index (χ0v) is 9.21. The van der Waals surface area contributed by atoms with Crippen LogP contribution in [-0.4, -0.2) is 12.6 Å². The van der Waals surface area contributed by atoms with Crippen LogP contribution in [0.15, 0.2) is 11.6 Å². The zero-order valence-electron chi connectivity index (χ0n) is 9.21. The molecule has 0 aromatic heterocycles. The van der Waals surface area contributed by atoms with Gasteiger partial charge in [-0.1, -0.05) is 32.8 Å². The van der Waals surface area contributed by atoms with Crippen molar-refractivity contribution in [2.45, 2.75) is 46.0 Å². The molecular formula is C12H20O2. The van der Waals surface area contributed by atoms with Crippen LogP contribution >= 0.6 is 0 Å². The number of esters is 1. The molecule has 1 aliphatic heterocycles. The first-order valence-corrected chi connectivity index (χ1v) is 5.65. The number of rotatable bonds is 5. The molecule has 1 unspecified atom stereocenters. The van der Waals surface area contributed by atoms with Gasteiger partial charge in [0.15, 0.2) is 0 Å². The Morgan fingerprint density at radius 3 is 2.79 bits per heavy atom. The number of hydrogen-bond donors (Lipinski definition) is 0. The van der Waals surface area contributed by atoms with Gasteiger partial charge in [0, 0.05) is 12.0 Å². The predicted molar refractivity (Wildman–Crippen MR) is 57.0 cm³/mol. The fourth-order valence-electron chi connectivity index (χ4n) is 1.76. The summed E-state index contributed by atoms with van der Waals surface area (Å²) in [6, 6.07) is 0. The standard InChI is InChI=1S/C12H20O2/c1-3-5-6-10(4-2)9-11-7-8-14-12(11)13/h9-10H,3-8H2,1-2H3.